The summed E-state index contributed by atoms with van der Waals surface area (Å²) in [6.45, 7) is 0.519. The number of amides is 2. The number of halogens is 2. The van der Waals surface area contributed by atoms with E-state index in [0.717, 1.165) is 11.6 Å². The quantitative estimate of drug-likeness (QED) is 0.418. The second-order valence-electron chi connectivity index (χ2n) is 9.86. The summed E-state index contributed by atoms with van der Waals surface area (Å²) >= 11 is 13.1. The zero-order valence-electron chi connectivity index (χ0n) is 21.3. The Bertz CT molecular complexity index is 1670. The van der Waals surface area contributed by atoms with Crippen LogP contribution in [0.15, 0.2) is 53.3 Å². The molecule has 0 radical (unpaired) electrons. The zero-order chi connectivity index (χ0) is 28.8. The minimum Gasteiger partial charge on any atom is -0.480 e. The number of carboxylic acid groups (broad SMARTS) is 1. The molecule has 2 amide bonds. The summed E-state index contributed by atoms with van der Waals surface area (Å²) in [7, 11) is -3.34. The van der Waals surface area contributed by atoms with Gasteiger partial charge in [0, 0.05) is 43.4 Å². The number of rotatable bonds is 7. The lowest BCUT2D eigenvalue weighted by molar-refractivity contribution is -0.139. The second-order valence-corrected chi connectivity index (χ2v) is 12.9. The predicted octanol–water partition coefficient (Wildman–Crippen LogP) is 3.36. The summed E-state index contributed by atoms with van der Waals surface area (Å²) in [6, 6.07) is 7.28. The monoisotopic (exact) mass is 605 g/mol. The van der Waals surface area contributed by atoms with E-state index < -0.39 is 33.0 Å². The van der Waals surface area contributed by atoms with E-state index in [1.807, 2.05) is 12.1 Å². The number of nitrogens with one attached hydrogen (secondary N) is 1. The van der Waals surface area contributed by atoms with Crippen molar-refractivity contribution in [3.05, 3.63) is 81.2 Å². The van der Waals surface area contributed by atoms with Crippen LogP contribution >= 0.6 is 23.2 Å². The number of hydrogen-bond acceptors (Lipinski definition) is 7. The number of carbonyl (C=O) groups is 3. The highest BCUT2D eigenvalue weighted by Crippen LogP contribution is 2.35. The van der Waals surface area contributed by atoms with Crippen LogP contribution in [0.5, 0.6) is 0 Å². The van der Waals surface area contributed by atoms with Gasteiger partial charge in [0.1, 0.15) is 11.6 Å². The van der Waals surface area contributed by atoms with E-state index in [0.29, 0.717) is 35.2 Å². The van der Waals surface area contributed by atoms with Crippen molar-refractivity contribution in [2.24, 2.45) is 0 Å². The van der Waals surface area contributed by atoms with E-state index >= 15 is 0 Å². The Morgan fingerprint density at radius 1 is 1.20 bits per heavy atom. The summed E-state index contributed by atoms with van der Waals surface area (Å²) in [5, 5.41) is 12.4. The van der Waals surface area contributed by atoms with E-state index in [-0.39, 0.29) is 41.2 Å². The minimum atomic E-state index is -3.34. The number of fused-ring (bicyclic) bond motifs is 2. The highest BCUT2D eigenvalue weighted by molar-refractivity contribution is 7.91. The van der Waals surface area contributed by atoms with E-state index in [9.17, 15) is 27.9 Å². The van der Waals surface area contributed by atoms with Crippen molar-refractivity contribution in [2.75, 3.05) is 25.9 Å². The average Bonchev–Trinajstić information content (AvgIpc) is 3.56. The van der Waals surface area contributed by atoms with Gasteiger partial charge in [0.25, 0.3) is 11.8 Å². The molecular formula is C27H25Cl2N3O7S. The lowest BCUT2D eigenvalue weighted by Gasteiger charge is -2.30. The van der Waals surface area contributed by atoms with E-state index in [1.54, 1.807) is 29.4 Å². The number of sulfone groups is 1. The van der Waals surface area contributed by atoms with Crippen LogP contribution in [0.4, 0.5) is 0 Å². The zero-order valence-corrected chi connectivity index (χ0v) is 23.6. The van der Waals surface area contributed by atoms with Gasteiger partial charge in [0.05, 0.1) is 27.1 Å². The topological polar surface area (TPSA) is 137 Å². The van der Waals surface area contributed by atoms with Gasteiger partial charge in [0.15, 0.2) is 9.84 Å². The Labute approximate surface area is 240 Å². The molecule has 2 aromatic carbocycles. The molecule has 0 fully saturated rings. The molecule has 3 heterocycles. The van der Waals surface area contributed by atoms with Crippen molar-refractivity contribution in [3.63, 3.8) is 0 Å². The first-order chi connectivity index (χ1) is 18.9. The minimum absolute atomic E-state index is 0.0231. The van der Waals surface area contributed by atoms with Crippen LogP contribution in [0.1, 0.15) is 31.8 Å². The van der Waals surface area contributed by atoms with E-state index in [1.165, 1.54) is 17.2 Å². The third kappa shape index (κ3) is 5.54. The molecule has 2 aliphatic rings. The fraction of sp³-hybridized carbons (Fsp3) is 0.296. The van der Waals surface area contributed by atoms with Crippen LogP contribution in [-0.2, 0) is 27.6 Å². The van der Waals surface area contributed by atoms with Crippen LogP contribution in [0.2, 0.25) is 10.0 Å². The molecule has 13 heteroatoms. The molecule has 1 aromatic heterocycles. The first-order valence-electron chi connectivity index (χ1n) is 12.3. The largest absolute Gasteiger partial charge is 0.480 e. The summed E-state index contributed by atoms with van der Waals surface area (Å²) in [4.78, 5) is 41.5. The number of benzene rings is 2. The molecule has 0 aliphatic carbocycles. The number of carbonyl (C=O) groups excluding carboxylic acids is 2. The van der Waals surface area contributed by atoms with Gasteiger partial charge in [-0.25, -0.2) is 13.2 Å². The highest BCUT2D eigenvalue weighted by Gasteiger charge is 2.32. The van der Waals surface area contributed by atoms with Crippen LogP contribution in [-0.4, -0.2) is 78.3 Å². The van der Waals surface area contributed by atoms with Crippen molar-refractivity contribution in [1.29, 1.82) is 0 Å². The highest BCUT2D eigenvalue weighted by atomic mass is 35.5. The van der Waals surface area contributed by atoms with Crippen molar-refractivity contribution < 1.29 is 32.3 Å². The molecule has 2 aliphatic heterocycles. The summed E-state index contributed by atoms with van der Waals surface area (Å²) < 4.78 is 29.0. The van der Waals surface area contributed by atoms with Gasteiger partial charge in [-0.15, -0.1) is 0 Å². The Kier molecular flexibility index (Phi) is 7.56. The number of hydrogen-bond donors (Lipinski definition) is 2. The van der Waals surface area contributed by atoms with Crippen LogP contribution in [0.3, 0.4) is 0 Å². The Morgan fingerprint density at radius 3 is 2.67 bits per heavy atom. The lowest BCUT2D eigenvalue weighted by Crippen LogP contribution is -2.48. The van der Waals surface area contributed by atoms with Gasteiger partial charge in [-0.2, -0.15) is 0 Å². The number of carboxylic acids is 1. The van der Waals surface area contributed by atoms with Gasteiger partial charge >= 0.3 is 5.97 Å². The van der Waals surface area contributed by atoms with E-state index in [4.69, 9.17) is 27.6 Å². The molecular weight excluding hydrogens is 581 g/mol. The van der Waals surface area contributed by atoms with Gasteiger partial charge in [-0.1, -0.05) is 29.3 Å². The van der Waals surface area contributed by atoms with Gasteiger partial charge < -0.3 is 24.6 Å². The summed E-state index contributed by atoms with van der Waals surface area (Å²) in [5.74, 6) is -2.24. The SMILES string of the molecule is CS(=O)(=O)C1C=CN(C[C@H](NC(=O)c2c(Cl)cc3c(c2Cl)CCN(C(=O)c2ccc4ccoc4c2)C3)C(=O)O)C1. The molecule has 40 heavy (non-hydrogen) atoms. The number of furan rings is 1. The third-order valence-corrected chi connectivity index (χ3v) is 9.24. The number of nitrogens with zero attached hydrogens (tertiary/aromatic N) is 2. The Balaban J connectivity index is 1.31. The lowest BCUT2D eigenvalue weighted by atomic mass is 9.96. The maximum atomic E-state index is 13.2. The molecule has 0 saturated heterocycles. The molecule has 2 atom stereocenters. The summed E-state index contributed by atoms with van der Waals surface area (Å²) in [5.41, 5.74) is 2.39. The molecule has 10 nitrogen and oxygen atoms in total. The fourth-order valence-corrected chi connectivity index (χ4v) is 6.52. The first kappa shape index (κ1) is 28.0. The molecule has 3 aromatic rings. The second kappa shape index (κ2) is 10.8. The summed E-state index contributed by atoms with van der Waals surface area (Å²) in [6.07, 6.45) is 6.03. The molecule has 5 rings (SSSR count). The van der Waals surface area contributed by atoms with Gasteiger partial charge in [0.2, 0.25) is 0 Å². The maximum absolute atomic E-state index is 13.2. The van der Waals surface area contributed by atoms with Crippen molar-refractivity contribution in [3.8, 4) is 0 Å². The maximum Gasteiger partial charge on any atom is 0.328 e. The van der Waals surface area contributed by atoms with Crippen LogP contribution in [0, 0.1) is 0 Å². The van der Waals surface area contributed by atoms with E-state index in [2.05, 4.69) is 5.32 Å². The third-order valence-electron chi connectivity index (χ3n) is 7.12. The Hall–Kier alpha value is -3.54. The molecule has 2 N–H and O–H groups in total. The molecule has 1 unspecified atom stereocenters. The molecule has 0 saturated carbocycles. The smallest absolute Gasteiger partial charge is 0.328 e. The van der Waals surface area contributed by atoms with Crippen LogP contribution < -0.4 is 5.32 Å². The fourth-order valence-electron chi connectivity index (χ4n) is 4.94. The van der Waals surface area contributed by atoms with Crippen molar-refractivity contribution in [1.82, 2.24) is 15.1 Å². The average molecular weight is 606 g/mol. The van der Waals surface area contributed by atoms with Crippen molar-refractivity contribution >= 4 is 61.8 Å². The van der Waals surface area contributed by atoms with Crippen LogP contribution in [0.25, 0.3) is 11.0 Å². The number of aliphatic carboxylic acids is 1. The first-order valence-corrected chi connectivity index (χ1v) is 15.0. The van der Waals surface area contributed by atoms with Crippen molar-refractivity contribution in [2.45, 2.75) is 24.3 Å². The Morgan fingerprint density at radius 2 is 1.98 bits per heavy atom. The molecule has 0 spiro atoms. The van der Waals surface area contributed by atoms with Gasteiger partial charge in [-0.3, -0.25) is 9.59 Å². The standard InChI is InChI=1S/C27H25Cl2N3O7S/c1-40(37,38)18-4-7-31(13-18)14-21(27(35)36)30-25(33)23-20(28)10-17-12-32(8-5-19(17)24(23)29)26(34)16-3-2-15-6-9-39-22(15)11-16/h2-4,6-7,9-11,18,21H,5,8,12-14H2,1H3,(H,30,33)(H,35,36)/t18?,21-/m0/s1. The van der Waals surface area contributed by atoms with Gasteiger partial charge in [-0.05, 0) is 54.1 Å². The molecule has 0 bridgehead atoms. The normalized spacial score (nSPS) is 17.6. The molecule has 210 valence electrons. The predicted molar refractivity (Wildman–Crippen MR) is 149 cm³/mol.